The Morgan fingerprint density at radius 3 is 2.65 bits per heavy atom. The lowest BCUT2D eigenvalue weighted by Gasteiger charge is -2.09. The number of halogens is 3. The third-order valence-electron chi connectivity index (χ3n) is 1.91. The van der Waals surface area contributed by atoms with Crippen LogP contribution in [0.4, 0.5) is 18.9 Å². The largest absolute Gasteiger partial charge is 0.401 e. The zero-order chi connectivity index (χ0) is 12.9. The normalized spacial score (nSPS) is 11.3. The summed E-state index contributed by atoms with van der Waals surface area (Å²) in [7, 11) is 0. The minimum Gasteiger partial charge on any atom is -0.325 e. The van der Waals surface area contributed by atoms with Crippen LogP contribution in [0.2, 0.25) is 0 Å². The average molecular weight is 246 g/mol. The minimum absolute atomic E-state index is 0.368. The zero-order valence-corrected chi connectivity index (χ0v) is 9.27. The molecule has 0 saturated heterocycles. The highest BCUT2D eigenvalue weighted by molar-refractivity contribution is 5.92. The number of nitrogens with one attached hydrogen (secondary N) is 2. The van der Waals surface area contributed by atoms with Gasteiger partial charge in [0.25, 0.3) is 0 Å². The number of benzene rings is 1. The number of hydrogen-bond donors (Lipinski definition) is 2. The number of aryl methyl sites for hydroxylation is 1. The monoisotopic (exact) mass is 246 g/mol. The van der Waals surface area contributed by atoms with Gasteiger partial charge in [0.05, 0.1) is 13.1 Å². The SMILES string of the molecule is Cc1cccc(NC(=O)CNCC(F)(F)F)c1. The molecule has 1 amide bonds. The third-order valence-corrected chi connectivity index (χ3v) is 1.91. The Morgan fingerprint density at radius 1 is 1.35 bits per heavy atom. The number of amides is 1. The van der Waals surface area contributed by atoms with E-state index in [1.165, 1.54) is 0 Å². The molecule has 94 valence electrons. The number of anilines is 1. The van der Waals surface area contributed by atoms with Crippen LogP contribution < -0.4 is 10.6 Å². The van der Waals surface area contributed by atoms with Crippen LogP contribution in [0.15, 0.2) is 24.3 Å². The zero-order valence-electron chi connectivity index (χ0n) is 9.27. The second-order valence-corrected chi connectivity index (χ2v) is 3.64. The maximum atomic E-state index is 11.8. The molecule has 0 unspecified atom stereocenters. The summed E-state index contributed by atoms with van der Waals surface area (Å²) in [6.45, 7) is 0.319. The van der Waals surface area contributed by atoms with E-state index in [1.807, 2.05) is 18.3 Å². The lowest BCUT2D eigenvalue weighted by molar-refractivity contribution is -0.126. The van der Waals surface area contributed by atoms with E-state index in [2.05, 4.69) is 5.32 Å². The molecule has 2 N–H and O–H groups in total. The summed E-state index contributed by atoms with van der Waals surface area (Å²) in [5.74, 6) is -0.500. The highest BCUT2D eigenvalue weighted by atomic mass is 19.4. The van der Waals surface area contributed by atoms with Gasteiger partial charge in [-0.3, -0.25) is 4.79 Å². The third kappa shape index (κ3) is 5.91. The molecule has 0 atom stereocenters. The van der Waals surface area contributed by atoms with Crippen molar-refractivity contribution in [3.63, 3.8) is 0 Å². The maximum absolute atomic E-state index is 11.8. The van der Waals surface area contributed by atoms with Crippen molar-refractivity contribution >= 4 is 11.6 Å². The van der Waals surface area contributed by atoms with Crippen molar-refractivity contribution in [1.82, 2.24) is 5.32 Å². The summed E-state index contributed by atoms with van der Waals surface area (Å²) in [5.41, 5.74) is 1.54. The van der Waals surface area contributed by atoms with Gasteiger partial charge in [-0.1, -0.05) is 12.1 Å². The molecule has 0 heterocycles. The van der Waals surface area contributed by atoms with Gasteiger partial charge in [-0.2, -0.15) is 13.2 Å². The van der Waals surface area contributed by atoms with Gasteiger partial charge in [0.2, 0.25) is 5.91 Å². The Kier molecular flexibility index (Phi) is 4.51. The van der Waals surface area contributed by atoms with E-state index >= 15 is 0 Å². The molecular formula is C11H13F3N2O. The first-order valence-corrected chi connectivity index (χ1v) is 5.01. The molecule has 0 aliphatic heterocycles. The topological polar surface area (TPSA) is 41.1 Å². The van der Waals surface area contributed by atoms with Crippen molar-refractivity contribution in [2.75, 3.05) is 18.4 Å². The molecule has 3 nitrogen and oxygen atoms in total. The first-order chi connectivity index (χ1) is 7.87. The molecule has 0 bridgehead atoms. The van der Waals surface area contributed by atoms with E-state index in [-0.39, 0.29) is 6.54 Å². The van der Waals surface area contributed by atoms with Crippen molar-refractivity contribution in [3.8, 4) is 0 Å². The lowest BCUT2D eigenvalue weighted by Crippen LogP contribution is -2.35. The van der Waals surface area contributed by atoms with Gasteiger partial charge in [0, 0.05) is 5.69 Å². The highest BCUT2D eigenvalue weighted by Crippen LogP contribution is 2.12. The molecule has 1 aromatic carbocycles. The van der Waals surface area contributed by atoms with Crippen molar-refractivity contribution < 1.29 is 18.0 Å². The number of rotatable bonds is 4. The molecule has 0 aliphatic carbocycles. The summed E-state index contributed by atoms with van der Waals surface area (Å²) in [5, 5.41) is 4.52. The van der Waals surface area contributed by atoms with Crippen LogP contribution in [0.3, 0.4) is 0 Å². The van der Waals surface area contributed by atoms with Crippen molar-refractivity contribution in [2.24, 2.45) is 0 Å². The van der Waals surface area contributed by atoms with Gasteiger partial charge in [0.1, 0.15) is 0 Å². The van der Waals surface area contributed by atoms with Gasteiger partial charge >= 0.3 is 6.18 Å². The fourth-order valence-electron chi connectivity index (χ4n) is 1.25. The molecule has 6 heteroatoms. The molecule has 0 aromatic heterocycles. The Hall–Kier alpha value is -1.56. The van der Waals surface area contributed by atoms with Crippen LogP contribution in [0.25, 0.3) is 0 Å². The first-order valence-electron chi connectivity index (χ1n) is 5.01. The van der Waals surface area contributed by atoms with Gasteiger partial charge < -0.3 is 10.6 Å². The highest BCUT2D eigenvalue weighted by Gasteiger charge is 2.26. The molecular weight excluding hydrogens is 233 g/mol. The summed E-state index contributed by atoms with van der Waals surface area (Å²) in [4.78, 5) is 11.3. The van der Waals surface area contributed by atoms with Gasteiger partial charge in [-0.05, 0) is 24.6 Å². The summed E-state index contributed by atoms with van der Waals surface area (Å²) < 4.78 is 35.4. The summed E-state index contributed by atoms with van der Waals surface area (Å²) in [6, 6.07) is 7.03. The average Bonchev–Trinajstić information content (AvgIpc) is 2.15. The number of carbonyl (C=O) groups is 1. The fourth-order valence-corrected chi connectivity index (χ4v) is 1.25. The molecule has 0 fully saturated rings. The van der Waals surface area contributed by atoms with Gasteiger partial charge in [-0.25, -0.2) is 0 Å². The van der Waals surface area contributed by atoms with Crippen LogP contribution in [-0.4, -0.2) is 25.2 Å². The maximum Gasteiger partial charge on any atom is 0.401 e. The minimum atomic E-state index is -4.30. The van der Waals surface area contributed by atoms with Gasteiger partial charge in [0.15, 0.2) is 0 Å². The van der Waals surface area contributed by atoms with Crippen LogP contribution in [0.5, 0.6) is 0 Å². The van der Waals surface area contributed by atoms with E-state index in [1.54, 1.807) is 18.2 Å². The van der Waals surface area contributed by atoms with E-state index in [9.17, 15) is 18.0 Å². The lowest BCUT2D eigenvalue weighted by atomic mass is 10.2. The molecule has 0 radical (unpaired) electrons. The Bertz CT molecular complexity index is 391. The Balaban J connectivity index is 2.35. The van der Waals surface area contributed by atoms with E-state index in [0.29, 0.717) is 5.69 Å². The predicted molar refractivity (Wildman–Crippen MR) is 58.7 cm³/mol. The van der Waals surface area contributed by atoms with Gasteiger partial charge in [-0.15, -0.1) is 0 Å². The second kappa shape index (κ2) is 5.67. The van der Waals surface area contributed by atoms with Crippen molar-refractivity contribution in [1.29, 1.82) is 0 Å². The number of alkyl halides is 3. The quantitative estimate of drug-likeness (QED) is 0.854. The van der Waals surface area contributed by atoms with E-state index < -0.39 is 18.6 Å². The first kappa shape index (κ1) is 13.5. The number of carbonyl (C=O) groups excluding carboxylic acids is 1. The molecule has 0 aliphatic rings. The summed E-state index contributed by atoms with van der Waals surface area (Å²) in [6.07, 6.45) is -4.30. The van der Waals surface area contributed by atoms with Crippen LogP contribution in [0.1, 0.15) is 5.56 Å². The second-order valence-electron chi connectivity index (χ2n) is 3.64. The van der Waals surface area contributed by atoms with E-state index in [0.717, 1.165) is 5.56 Å². The molecule has 1 aromatic rings. The Morgan fingerprint density at radius 2 is 2.06 bits per heavy atom. The van der Waals surface area contributed by atoms with Crippen molar-refractivity contribution in [3.05, 3.63) is 29.8 Å². The van der Waals surface area contributed by atoms with Crippen LogP contribution >= 0.6 is 0 Å². The Labute approximate surface area is 97.0 Å². The number of hydrogen-bond acceptors (Lipinski definition) is 2. The standard InChI is InChI=1S/C11H13F3N2O/c1-8-3-2-4-9(5-8)16-10(17)6-15-7-11(12,13)14/h2-5,15H,6-7H2,1H3,(H,16,17). The fraction of sp³-hybridized carbons (Fsp3) is 0.364. The smallest absolute Gasteiger partial charge is 0.325 e. The molecule has 17 heavy (non-hydrogen) atoms. The van der Waals surface area contributed by atoms with Crippen LogP contribution in [0, 0.1) is 6.92 Å². The summed E-state index contributed by atoms with van der Waals surface area (Å²) >= 11 is 0. The molecule has 0 spiro atoms. The van der Waals surface area contributed by atoms with Crippen molar-refractivity contribution in [2.45, 2.75) is 13.1 Å². The van der Waals surface area contributed by atoms with E-state index in [4.69, 9.17) is 0 Å². The molecule has 0 saturated carbocycles. The predicted octanol–water partition coefficient (Wildman–Crippen LogP) is 2.09. The van der Waals surface area contributed by atoms with Crippen LogP contribution in [-0.2, 0) is 4.79 Å². The molecule has 1 rings (SSSR count).